The molecule has 0 unspecified atom stereocenters. The second kappa shape index (κ2) is 11.9. The van der Waals surface area contributed by atoms with Gasteiger partial charge in [-0.1, -0.05) is 72.2 Å². The minimum absolute atomic E-state index is 0.0754. The van der Waals surface area contributed by atoms with E-state index in [0.717, 1.165) is 46.7 Å². The minimum Gasteiger partial charge on any atom is -0.507 e. The van der Waals surface area contributed by atoms with Gasteiger partial charge in [0, 0.05) is 42.5 Å². The van der Waals surface area contributed by atoms with E-state index in [1.807, 2.05) is 47.2 Å². The van der Waals surface area contributed by atoms with Crippen molar-refractivity contribution < 1.29 is 9.90 Å². The van der Waals surface area contributed by atoms with Gasteiger partial charge >= 0.3 is 0 Å². The van der Waals surface area contributed by atoms with E-state index < -0.39 is 0 Å². The third-order valence-electron chi connectivity index (χ3n) is 7.77. The Bertz CT molecular complexity index is 1620. The van der Waals surface area contributed by atoms with Crippen molar-refractivity contribution in [3.8, 4) is 5.75 Å². The second-order valence-electron chi connectivity index (χ2n) is 10.8. The highest BCUT2D eigenvalue weighted by Gasteiger charge is 2.26. The van der Waals surface area contributed by atoms with Crippen molar-refractivity contribution >= 4 is 36.3 Å². The van der Waals surface area contributed by atoms with Gasteiger partial charge < -0.3 is 15.7 Å². The number of carbonyl (C=O) groups is 1. The number of carbonyl (C=O) groups excluding carboxylic acids is 1. The van der Waals surface area contributed by atoms with E-state index in [0.29, 0.717) is 30.8 Å². The average Bonchev–Trinajstić information content (AvgIpc) is 3.79. The normalized spacial score (nSPS) is 14.4. The number of phenols is 1. The summed E-state index contributed by atoms with van der Waals surface area (Å²) in [5, 5.41) is 21.6. The van der Waals surface area contributed by atoms with Crippen LogP contribution in [0.1, 0.15) is 59.5 Å². The number of anilines is 1. The fraction of sp³-hybridized carbons (Fsp3) is 0.235. The molecule has 1 fully saturated rings. The van der Waals surface area contributed by atoms with Crippen LogP contribution in [0.15, 0.2) is 91.1 Å². The maximum Gasteiger partial charge on any atom is 0.224 e. The lowest BCUT2D eigenvalue weighted by molar-refractivity contribution is -0.116. The van der Waals surface area contributed by atoms with Gasteiger partial charge in [0.2, 0.25) is 5.91 Å². The zero-order chi connectivity index (χ0) is 28.2. The molecule has 4 aromatic rings. The molecule has 2 heterocycles. The number of benzene rings is 3. The molecular formula is C34H33BN4O2. The summed E-state index contributed by atoms with van der Waals surface area (Å²) >= 11 is 0. The largest absolute Gasteiger partial charge is 0.507 e. The Hall–Kier alpha value is -4.52. The van der Waals surface area contributed by atoms with Crippen molar-refractivity contribution in [2.45, 2.75) is 51.0 Å². The Morgan fingerprint density at radius 1 is 1.00 bits per heavy atom. The van der Waals surface area contributed by atoms with Gasteiger partial charge in [0.15, 0.2) is 0 Å². The highest BCUT2D eigenvalue weighted by molar-refractivity contribution is 6.33. The van der Waals surface area contributed by atoms with Crippen LogP contribution < -0.4 is 16.1 Å². The summed E-state index contributed by atoms with van der Waals surface area (Å²) in [6, 6.07) is 24.0. The first-order valence-electron chi connectivity index (χ1n) is 14.3. The molecule has 41 heavy (non-hydrogen) atoms. The lowest BCUT2D eigenvalue weighted by Crippen LogP contribution is -2.20. The molecule has 7 heteroatoms. The van der Waals surface area contributed by atoms with Crippen LogP contribution in [-0.4, -0.2) is 28.6 Å². The smallest absolute Gasteiger partial charge is 0.224 e. The van der Waals surface area contributed by atoms with Crippen LogP contribution in [0.3, 0.4) is 0 Å². The highest BCUT2D eigenvalue weighted by Crippen LogP contribution is 2.43. The first-order valence-corrected chi connectivity index (χ1v) is 14.3. The third kappa shape index (κ3) is 6.30. The summed E-state index contributed by atoms with van der Waals surface area (Å²) in [6.45, 7) is 0.599. The second-order valence-corrected chi connectivity index (χ2v) is 10.8. The Balaban J connectivity index is 1.05. The molecule has 3 aromatic carbocycles. The number of aromatic nitrogens is 2. The summed E-state index contributed by atoms with van der Waals surface area (Å²) in [5.74, 6) is 1.71. The molecule has 1 amide bonds. The van der Waals surface area contributed by atoms with Crippen molar-refractivity contribution in [3.05, 3.63) is 119 Å². The zero-order valence-corrected chi connectivity index (χ0v) is 23.0. The molecular weight excluding hydrogens is 507 g/mol. The third-order valence-corrected chi connectivity index (χ3v) is 7.77. The van der Waals surface area contributed by atoms with Crippen molar-refractivity contribution in [3.63, 3.8) is 0 Å². The lowest BCUT2D eigenvalue weighted by atomic mass is 9.95. The molecule has 6 rings (SSSR count). The molecule has 2 aliphatic rings. The maximum atomic E-state index is 12.6. The van der Waals surface area contributed by atoms with Crippen molar-refractivity contribution in [1.82, 2.24) is 15.1 Å². The SMILES string of the molecule is [B]c1cnn2c1CC=C(c1ccccc1O)C=C2NCc1ccc(CCCC(=O)Nc2ccccc2C2CC2)cc1. The Morgan fingerprint density at radius 3 is 2.56 bits per heavy atom. The van der Waals surface area contributed by atoms with Crippen LogP contribution in [0, 0.1) is 0 Å². The first-order chi connectivity index (χ1) is 20.0. The number of aromatic hydroxyl groups is 1. The fourth-order valence-electron chi connectivity index (χ4n) is 5.35. The van der Waals surface area contributed by atoms with E-state index in [1.54, 1.807) is 12.3 Å². The molecule has 1 aliphatic carbocycles. The van der Waals surface area contributed by atoms with Gasteiger partial charge in [-0.05, 0) is 72.1 Å². The molecule has 2 radical (unpaired) electrons. The monoisotopic (exact) mass is 540 g/mol. The van der Waals surface area contributed by atoms with Gasteiger partial charge in [-0.3, -0.25) is 4.79 Å². The van der Waals surface area contributed by atoms with Crippen LogP contribution >= 0.6 is 0 Å². The average molecular weight is 540 g/mol. The van der Waals surface area contributed by atoms with Crippen molar-refractivity contribution in [1.29, 1.82) is 0 Å². The molecule has 1 aromatic heterocycles. The van der Waals surface area contributed by atoms with Gasteiger partial charge in [0.05, 0.1) is 0 Å². The van der Waals surface area contributed by atoms with E-state index in [2.05, 4.69) is 52.1 Å². The van der Waals surface area contributed by atoms with Crippen LogP contribution in [-0.2, 0) is 24.2 Å². The zero-order valence-electron chi connectivity index (χ0n) is 23.0. The molecule has 1 saturated carbocycles. The number of amides is 1. The van der Waals surface area contributed by atoms with Gasteiger partial charge in [-0.2, -0.15) is 5.10 Å². The number of hydrogen-bond acceptors (Lipinski definition) is 4. The van der Waals surface area contributed by atoms with Crippen LogP contribution in [0.5, 0.6) is 5.75 Å². The van der Waals surface area contributed by atoms with E-state index in [4.69, 9.17) is 7.85 Å². The number of aryl methyl sites for hydroxylation is 1. The maximum absolute atomic E-state index is 12.6. The van der Waals surface area contributed by atoms with Gasteiger partial charge in [-0.15, -0.1) is 0 Å². The molecule has 0 spiro atoms. The molecule has 1 aliphatic heterocycles. The summed E-state index contributed by atoms with van der Waals surface area (Å²) in [7, 11) is 6.21. The quantitative estimate of drug-likeness (QED) is 0.234. The number of allylic oxidation sites excluding steroid dienone is 3. The van der Waals surface area contributed by atoms with Crippen LogP contribution in [0.25, 0.3) is 11.4 Å². The highest BCUT2D eigenvalue weighted by atomic mass is 16.3. The van der Waals surface area contributed by atoms with Gasteiger partial charge in [-0.25, -0.2) is 4.68 Å². The number of fused-ring (bicyclic) bond motifs is 1. The number of hydrogen-bond donors (Lipinski definition) is 3. The molecule has 6 nitrogen and oxygen atoms in total. The van der Waals surface area contributed by atoms with Gasteiger partial charge in [0.1, 0.15) is 19.4 Å². The number of nitrogens with one attached hydrogen (secondary N) is 2. The number of rotatable bonds is 10. The Morgan fingerprint density at radius 2 is 1.76 bits per heavy atom. The van der Waals surface area contributed by atoms with E-state index in [-0.39, 0.29) is 11.7 Å². The Labute approximate surface area is 242 Å². The standard InChI is InChI=1S/C34H33BN4O2/c35-29-22-37-39-31(29)19-18-26(28-8-2-4-10-32(28)40)20-33(39)36-21-24-14-12-23(13-15-24)6-5-11-34(41)38-30-9-3-1-7-27(30)25-16-17-25/h1-4,7-10,12-15,18,20,22,25,36,40H,5-6,11,16-17,19,21H2,(H,38,41). The van der Waals surface area contributed by atoms with Gasteiger partial charge in [0.25, 0.3) is 0 Å². The summed E-state index contributed by atoms with van der Waals surface area (Å²) in [6.07, 6.45) is 10.9. The Kier molecular flexibility index (Phi) is 7.76. The van der Waals surface area contributed by atoms with E-state index in [9.17, 15) is 9.90 Å². The summed E-state index contributed by atoms with van der Waals surface area (Å²) < 4.78 is 1.83. The first kappa shape index (κ1) is 26.7. The number of para-hydroxylation sites is 2. The van der Waals surface area contributed by atoms with Crippen LogP contribution in [0.4, 0.5) is 5.69 Å². The van der Waals surface area contributed by atoms with E-state index in [1.165, 1.54) is 24.0 Å². The topological polar surface area (TPSA) is 79.2 Å². The number of nitrogens with zero attached hydrogens (tertiary/aromatic N) is 2. The van der Waals surface area contributed by atoms with Crippen molar-refractivity contribution in [2.24, 2.45) is 0 Å². The van der Waals surface area contributed by atoms with E-state index >= 15 is 0 Å². The summed E-state index contributed by atoms with van der Waals surface area (Å²) in [4.78, 5) is 12.6. The summed E-state index contributed by atoms with van der Waals surface area (Å²) in [5.41, 5.74) is 7.79. The molecule has 0 saturated heterocycles. The predicted octanol–water partition coefficient (Wildman–Crippen LogP) is 5.45. The molecule has 0 atom stereocenters. The molecule has 204 valence electrons. The molecule has 0 bridgehead atoms. The fourth-order valence-corrected chi connectivity index (χ4v) is 5.35. The van der Waals surface area contributed by atoms with Crippen molar-refractivity contribution in [2.75, 3.05) is 5.32 Å². The predicted molar refractivity (Wildman–Crippen MR) is 165 cm³/mol. The molecule has 3 N–H and O–H groups in total. The minimum atomic E-state index is 0.0754. The van der Waals surface area contributed by atoms with Crippen LogP contribution in [0.2, 0.25) is 0 Å². The lowest BCUT2D eigenvalue weighted by Gasteiger charge is -2.14. The number of phenolic OH excluding ortho intramolecular Hbond substituents is 1.